The summed E-state index contributed by atoms with van der Waals surface area (Å²) in [5, 5.41) is 11.5. The van der Waals surface area contributed by atoms with Gasteiger partial charge in [0, 0.05) is 12.5 Å². The Morgan fingerprint density at radius 3 is 2.31 bits per heavy atom. The van der Waals surface area contributed by atoms with Crippen molar-refractivity contribution in [3.8, 4) is 0 Å². The zero-order chi connectivity index (χ0) is 21.1. The minimum absolute atomic E-state index is 0.00915. The molecule has 1 saturated carbocycles. The van der Waals surface area contributed by atoms with Crippen LogP contribution >= 0.6 is 0 Å². The number of alkyl halides is 3. The number of rotatable bonds is 6. The molecule has 0 aromatic heterocycles. The van der Waals surface area contributed by atoms with Crippen LogP contribution in [0.3, 0.4) is 0 Å². The molecule has 0 radical (unpaired) electrons. The predicted molar refractivity (Wildman–Crippen MR) is 106 cm³/mol. The molecule has 29 heavy (non-hydrogen) atoms. The summed E-state index contributed by atoms with van der Waals surface area (Å²) in [5.74, 6) is -0.135. The van der Waals surface area contributed by atoms with Crippen molar-refractivity contribution in [1.82, 2.24) is 4.90 Å². The standard InChI is InChI=1S/C23H28F3NO2/c1-27(2)15-20-14-21(29-16-17-6-4-3-5-7-17)12-13-22(20,28)18-8-10-19(11-9-18)23(24,25)26/h3-11,20-21,28H,12-16H2,1-2H3. The van der Waals surface area contributed by atoms with Gasteiger partial charge in [0.2, 0.25) is 0 Å². The SMILES string of the molecule is CN(C)CC1CC(OCc2ccccc2)CCC1(O)c1ccc(C(F)(F)F)cc1. The van der Waals surface area contributed by atoms with E-state index in [2.05, 4.69) is 0 Å². The molecule has 0 aliphatic heterocycles. The van der Waals surface area contributed by atoms with E-state index in [0.717, 1.165) is 17.7 Å². The van der Waals surface area contributed by atoms with E-state index in [9.17, 15) is 18.3 Å². The Bertz CT molecular complexity index is 777. The van der Waals surface area contributed by atoms with Crippen LogP contribution in [0.4, 0.5) is 13.2 Å². The highest BCUT2D eigenvalue weighted by Crippen LogP contribution is 2.43. The number of halogens is 3. The smallest absolute Gasteiger partial charge is 0.385 e. The molecule has 1 N–H and O–H groups in total. The summed E-state index contributed by atoms with van der Waals surface area (Å²) in [5.41, 5.74) is -0.228. The Morgan fingerprint density at radius 2 is 1.72 bits per heavy atom. The minimum atomic E-state index is -4.38. The fraction of sp³-hybridized carbons (Fsp3) is 0.478. The Hall–Kier alpha value is -1.89. The Morgan fingerprint density at radius 1 is 1.07 bits per heavy atom. The summed E-state index contributed by atoms with van der Waals surface area (Å²) >= 11 is 0. The van der Waals surface area contributed by atoms with Gasteiger partial charge in [-0.15, -0.1) is 0 Å². The lowest BCUT2D eigenvalue weighted by Crippen LogP contribution is -2.46. The summed E-state index contributed by atoms with van der Waals surface area (Å²) < 4.78 is 44.8. The number of ether oxygens (including phenoxy) is 1. The van der Waals surface area contributed by atoms with E-state index in [1.54, 1.807) is 0 Å². The number of benzene rings is 2. The average molecular weight is 407 g/mol. The highest BCUT2D eigenvalue weighted by Gasteiger charge is 2.44. The van der Waals surface area contributed by atoms with Crippen LogP contribution in [0, 0.1) is 5.92 Å². The van der Waals surface area contributed by atoms with Crippen LogP contribution in [0.5, 0.6) is 0 Å². The zero-order valence-electron chi connectivity index (χ0n) is 16.8. The van der Waals surface area contributed by atoms with Crippen molar-refractivity contribution in [2.45, 2.75) is 43.8 Å². The molecule has 3 atom stereocenters. The number of hydrogen-bond donors (Lipinski definition) is 1. The lowest BCUT2D eigenvalue weighted by molar-refractivity contribution is -0.137. The maximum absolute atomic E-state index is 12.9. The molecular weight excluding hydrogens is 379 g/mol. The van der Waals surface area contributed by atoms with E-state index in [1.807, 2.05) is 49.3 Å². The van der Waals surface area contributed by atoms with E-state index in [-0.39, 0.29) is 12.0 Å². The molecule has 6 heteroatoms. The van der Waals surface area contributed by atoms with Gasteiger partial charge in [0.1, 0.15) is 0 Å². The van der Waals surface area contributed by atoms with E-state index in [4.69, 9.17) is 4.74 Å². The highest BCUT2D eigenvalue weighted by atomic mass is 19.4. The monoisotopic (exact) mass is 407 g/mol. The molecule has 0 heterocycles. The quantitative estimate of drug-likeness (QED) is 0.744. The van der Waals surface area contributed by atoms with Crippen LogP contribution in [0.15, 0.2) is 54.6 Å². The van der Waals surface area contributed by atoms with Crippen LogP contribution in [-0.2, 0) is 23.1 Å². The first-order valence-corrected chi connectivity index (χ1v) is 9.89. The number of hydrogen-bond acceptors (Lipinski definition) is 3. The predicted octanol–water partition coefficient (Wildman–Crippen LogP) is 4.84. The first-order chi connectivity index (χ1) is 13.7. The van der Waals surface area contributed by atoms with Crippen LogP contribution in [0.25, 0.3) is 0 Å². The van der Waals surface area contributed by atoms with Crippen LogP contribution in [0.1, 0.15) is 36.0 Å². The van der Waals surface area contributed by atoms with Gasteiger partial charge in [-0.25, -0.2) is 0 Å². The lowest BCUT2D eigenvalue weighted by Gasteiger charge is -2.44. The van der Waals surface area contributed by atoms with E-state index >= 15 is 0 Å². The summed E-state index contributed by atoms with van der Waals surface area (Å²) in [6, 6.07) is 14.9. The second-order valence-corrected chi connectivity index (χ2v) is 8.15. The van der Waals surface area contributed by atoms with Crippen molar-refractivity contribution in [2.24, 2.45) is 5.92 Å². The molecular formula is C23H28F3NO2. The van der Waals surface area contributed by atoms with Crippen LogP contribution in [-0.4, -0.2) is 36.8 Å². The third-order valence-electron chi connectivity index (χ3n) is 5.70. The summed E-state index contributed by atoms with van der Waals surface area (Å²) in [7, 11) is 3.86. The van der Waals surface area contributed by atoms with Crippen LogP contribution < -0.4 is 0 Å². The third-order valence-corrected chi connectivity index (χ3v) is 5.70. The molecule has 3 rings (SSSR count). The molecule has 1 aliphatic rings. The lowest BCUT2D eigenvalue weighted by atomic mass is 9.70. The second-order valence-electron chi connectivity index (χ2n) is 8.15. The average Bonchev–Trinajstić information content (AvgIpc) is 2.68. The number of nitrogens with zero attached hydrogens (tertiary/aromatic N) is 1. The van der Waals surface area contributed by atoms with E-state index in [1.165, 1.54) is 12.1 Å². The molecule has 1 aliphatic carbocycles. The Balaban J connectivity index is 1.74. The van der Waals surface area contributed by atoms with Crippen LogP contribution in [0.2, 0.25) is 0 Å². The van der Waals surface area contributed by atoms with Gasteiger partial charge in [-0.3, -0.25) is 0 Å². The second kappa shape index (κ2) is 8.86. The van der Waals surface area contributed by atoms with Crippen molar-refractivity contribution in [3.05, 3.63) is 71.3 Å². The van der Waals surface area contributed by atoms with Crippen molar-refractivity contribution in [3.63, 3.8) is 0 Å². The maximum Gasteiger partial charge on any atom is 0.416 e. The van der Waals surface area contributed by atoms with Crippen molar-refractivity contribution in [1.29, 1.82) is 0 Å². The molecule has 1 fully saturated rings. The normalized spacial score (nSPS) is 25.3. The molecule has 0 amide bonds. The van der Waals surface area contributed by atoms with Gasteiger partial charge in [-0.1, -0.05) is 42.5 Å². The Labute approximate surface area is 170 Å². The summed E-state index contributed by atoms with van der Waals surface area (Å²) in [6.45, 7) is 1.14. The van der Waals surface area contributed by atoms with Gasteiger partial charge in [0.05, 0.1) is 23.9 Å². The van der Waals surface area contributed by atoms with Gasteiger partial charge in [0.15, 0.2) is 0 Å². The summed E-state index contributed by atoms with van der Waals surface area (Å²) in [4.78, 5) is 2.00. The van der Waals surface area contributed by atoms with Gasteiger partial charge in [-0.2, -0.15) is 13.2 Å². The van der Waals surface area contributed by atoms with Crippen molar-refractivity contribution in [2.75, 3.05) is 20.6 Å². The minimum Gasteiger partial charge on any atom is -0.385 e. The Kier molecular flexibility index (Phi) is 6.66. The first-order valence-electron chi connectivity index (χ1n) is 9.89. The fourth-order valence-corrected chi connectivity index (χ4v) is 4.15. The van der Waals surface area contributed by atoms with Gasteiger partial charge in [-0.05, 0) is 56.6 Å². The molecule has 0 saturated heterocycles. The first kappa shape index (κ1) is 21.8. The third kappa shape index (κ3) is 5.38. The van der Waals surface area contributed by atoms with Crippen molar-refractivity contribution < 1.29 is 23.0 Å². The largest absolute Gasteiger partial charge is 0.416 e. The molecule has 0 bridgehead atoms. The topological polar surface area (TPSA) is 32.7 Å². The molecule has 0 spiro atoms. The molecule has 3 nitrogen and oxygen atoms in total. The van der Waals surface area contributed by atoms with E-state index < -0.39 is 17.3 Å². The summed E-state index contributed by atoms with van der Waals surface area (Å²) in [6.07, 6.45) is -2.60. The molecule has 158 valence electrons. The maximum atomic E-state index is 12.9. The van der Waals surface area contributed by atoms with E-state index in [0.29, 0.717) is 38.0 Å². The van der Waals surface area contributed by atoms with Gasteiger partial charge in [0.25, 0.3) is 0 Å². The molecule has 2 aromatic carbocycles. The highest BCUT2D eigenvalue weighted by molar-refractivity contribution is 5.30. The zero-order valence-corrected chi connectivity index (χ0v) is 16.8. The number of aliphatic hydroxyl groups is 1. The van der Waals surface area contributed by atoms with Gasteiger partial charge >= 0.3 is 6.18 Å². The van der Waals surface area contributed by atoms with Crippen molar-refractivity contribution >= 4 is 0 Å². The molecule has 3 unspecified atom stereocenters. The van der Waals surface area contributed by atoms with Gasteiger partial charge < -0.3 is 14.7 Å². The molecule has 2 aromatic rings. The fourth-order valence-electron chi connectivity index (χ4n) is 4.15.